The fourth-order valence-electron chi connectivity index (χ4n) is 4.10. The van der Waals surface area contributed by atoms with Crippen molar-refractivity contribution < 1.29 is 9.21 Å². The van der Waals surface area contributed by atoms with Crippen molar-refractivity contribution in [2.24, 2.45) is 0 Å². The number of hydrogen-bond acceptors (Lipinski definition) is 4. The smallest absolute Gasteiger partial charge is 0.227 e. The van der Waals surface area contributed by atoms with Gasteiger partial charge < -0.3 is 9.32 Å². The number of fused-ring (bicyclic) bond motifs is 2. The van der Waals surface area contributed by atoms with Gasteiger partial charge in [0, 0.05) is 41.4 Å². The number of benzene rings is 1. The van der Waals surface area contributed by atoms with Crippen molar-refractivity contribution >= 4 is 28.5 Å². The predicted molar refractivity (Wildman–Crippen MR) is 107 cm³/mol. The average Bonchev–Trinajstić information content (AvgIpc) is 3.39. The summed E-state index contributed by atoms with van der Waals surface area (Å²) in [6, 6.07) is 1.94. The molecular formula is C21H23ClN4O2. The number of rotatable bonds is 3. The lowest BCUT2D eigenvalue weighted by Gasteiger charge is -2.19. The van der Waals surface area contributed by atoms with Crippen molar-refractivity contribution in [3.8, 4) is 0 Å². The van der Waals surface area contributed by atoms with E-state index in [1.165, 1.54) is 12.8 Å². The number of furan rings is 1. The normalized spacial score (nSPS) is 17.0. The van der Waals surface area contributed by atoms with Gasteiger partial charge >= 0.3 is 0 Å². The molecule has 28 heavy (non-hydrogen) atoms. The van der Waals surface area contributed by atoms with E-state index in [4.69, 9.17) is 21.0 Å². The van der Waals surface area contributed by atoms with Gasteiger partial charge in [0.25, 0.3) is 0 Å². The summed E-state index contributed by atoms with van der Waals surface area (Å²) in [7, 11) is 0. The number of aromatic nitrogens is 3. The fourth-order valence-corrected chi connectivity index (χ4v) is 4.25. The van der Waals surface area contributed by atoms with E-state index in [1.807, 2.05) is 29.5 Å². The minimum absolute atomic E-state index is 0.104. The second-order valence-corrected chi connectivity index (χ2v) is 8.34. The highest BCUT2D eigenvalue weighted by Crippen LogP contribution is 2.38. The van der Waals surface area contributed by atoms with Gasteiger partial charge in [0.05, 0.1) is 19.2 Å². The highest BCUT2D eigenvalue weighted by Gasteiger charge is 2.30. The maximum absolute atomic E-state index is 13.0. The minimum Gasteiger partial charge on any atom is -0.464 e. The van der Waals surface area contributed by atoms with Gasteiger partial charge in [-0.2, -0.15) is 5.10 Å². The Morgan fingerprint density at radius 2 is 2.11 bits per heavy atom. The molecule has 1 aliphatic carbocycles. The molecule has 3 aromatic rings. The van der Waals surface area contributed by atoms with Crippen molar-refractivity contribution in [2.75, 3.05) is 13.1 Å². The van der Waals surface area contributed by atoms with Crippen LogP contribution in [0.3, 0.4) is 0 Å². The Morgan fingerprint density at radius 3 is 2.89 bits per heavy atom. The Labute approximate surface area is 168 Å². The first kappa shape index (κ1) is 17.7. The van der Waals surface area contributed by atoms with E-state index in [-0.39, 0.29) is 5.91 Å². The summed E-state index contributed by atoms with van der Waals surface area (Å²) < 4.78 is 7.69. The van der Waals surface area contributed by atoms with E-state index in [2.05, 4.69) is 5.10 Å². The lowest BCUT2D eigenvalue weighted by atomic mass is 10.0. The zero-order valence-electron chi connectivity index (χ0n) is 16.2. The summed E-state index contributed by atoms with van der Waals surface area (Å²) in [6.45, 7) is 5.99. The monoisotopic (exact) mass is 398 g/mol. The van der Waals surface area contributed by atoms with Gasteiger partial charge in [-0.25, -0.2) is 9.67 Å². The topological polar surface area (TPSA) is 64.2 Å². The molecule has 6 nitrogen and oxygen atoms in total. The van der Waals surface area contributed by atoms with Gasteiger partial charge in [0.2, 0.25) is 5.91 Å². The molecule has 0 N–H and O–H groups in total. The first-order valence-corrected chi connectivity index (χ1v) is 10.3. The number of carbonyl (C=O) groups is 1. The zero-order chi connectivity index (χ0) is 19.4. The van der Waals surface area contributed by atoms with Crippen LogP contribution in [0.25, 0.3) is 11.0 Å². The lowest BCUT2D eigenvalue weighted by Crippen LogP contribution is -2.34. The summed E-state index contributed by atoms with van der Waals surface area (Å²) in [4.78, 5) is 19.6. The van der Waals surface area contributed by atoms with Gasteiger partial charge in [-0.15, -0.1) is 0 Å². The van der Waals surface area contributed by atoms with E-state index in [0.717, 1.165) is 50.8 Å². The van der Waals surface area contributed by atoms with Gasteiger partial charge in [-0.05, 0) is 43.9 Å². The molecule has 0 saturated heterocycles. The van der Waals surface area contributed by atoms with Crippen LogP contribution in [-0.2, 0) is 24.2 Å². The van der Waals surface area contributed by atoms with Gasteiger partial charge in [0.1, 0.15) is 11.4 Å². The van der Waals surface area contributed by atoms with E-state index < -0.39 is 0 Å². The molecule has 7 heteroatoms. The van der Waals surface area contributed by atoms with Crippen LogP contribution in [0.4, 0.5) is 0 Å². The van der Waals surface area contributed by atoms with Crippen LogP contribution in [-0.4, -0.2) is 38.7 Å². The minimum atomic E-state index is 0.104. The fraction of sp³-hybridized carbons (Fsp3) is 0.476. The first-order valence-electron chi connectivity index (χ1n) is 9.88. The number of halogens is 1. The van der Waals surface area contributed by atoms with Gasteiger partial charge in [0.15, 0.2) is 5.82 Å². The Kier molecular flexibility index (Phi) is 4.19. The summed E-state index contributed by atoms with van der Waals surface area (Å²) in [5, 5.41) is 6.35. The van der Waals surface area contributed by atoms with Crippen LogP contribution in [0.15, 0.2) is 16.7 Å². The molecule has 0 bridgehead atoms. The Morgan fingerprint density at radius 1 is 1.29 bits per heavy atom. The third-order valence-electron chi connectivity index (χ3n) is 5.88. The second kappa shape index (κ2) is 6.62. The Balaban J connectivity index is 1.33. The average molecular weight is 399 g/mol. The third-order valence-corrected chi connectivity index (χ3v) is 6.46. The summed E-state index contributed by atoms with van der Waals surface area (Å²) >= 11 is 6.42. The molecular weight excluding hydrogens is 376 g/mol. The van der Waals surface area contributed by atoms with E-state index in [0.29, 0.717) is 32.0 Å². The molecule has 1 fully saturated rings. The van der Waals surface area contributed by atoms with Crippen molar-refractivity contribution in [1.29, 1.82) is 0 Å². The molecule has 1 aromatic carbocycles. The second-order valence-electron chi connectivity index (χ2n) is 7.96. The molecule has 146 valence electrons. The molecule has 1 aliphatic heterocycles. The highest BCUT2D eigenvalue weighted by atomic mass is 35.5. The number of carbonyl (C=O) groups excluding carboxylic acids is 1. The first-order chi connectivity index (χ1) is 13.5. The third kappa shape index (κ3) is 3.00. The molecule has 0 radical (unpaired) electrons. The van der Waals surface area contributed by atoms with Gasteiger partial charge in [-0.1, -0.05) is 11.6 Å². The van der Waals surface area contributed by atoms with Crippen molar-refractivity contribution in [3.05, 3.63) is 45.7 Å². The molecule has 0 atom stereocenters. The number of nitrogens with zero attached hydrogens (tertiary/aromatic N) is 4. The van der Waals surface area contributed by atoms with E-state index in [1.54, 1.807) is 6.26 Å². The van der Waals surface area contributed by atoms with Crippen LogP contribution in [0.2, 0.25) is 5.02 Å². The van der Waals surface area contributed by atoms with Crippen LogP contribution in [0, 0.1) is 13.8 Å². The quantitative estimate of drug-likeness (QED) is 0.673. The molecule has 2 aliphatic rings. The SMILES string of the molecule is Cc1cc2occ(CC(=O)N3CCc4nc(C5CC5)nn4CC3)c2c(C)c1Cl. The molecule has 5 rings (SSSR count). The molecule has 1 saturated carbocycles. The summed E-state index contributed by atoms with van der Waals surface area (Å²) in [5.74, 6) is 2.66. The predicted octanol–water partition coefficient (Wildman–Crippen LogP) is 3.80. The molecule has 3 heterocycles. The van der Waals surface area contributed by atoms with Crippen molar-refractivity contribution in [3.63, 3.8) is 0 Å². The molecule has 1 amide bonds. The summed E-state index contributed by atoms with van der Waals surface area (Å²) in [5.41, 5.74) is 3.64. The summed E-state index contributed by atoms with van der Waals surface area (Å²) in [6.07, 6.45) is 5.17. The Bertz CT molecular complexity index is 1050. The standard InChI is InChI=1S/C21H23ClN4O2/c1-12-9-16-19(13(2)20(12)22)15(11-28-16)10-18(27)25-6-5-17-23-21(14-3-4-14)24-26(17)8-7-25/h9,11,14H,3-8,10H2,1-2H3. The van der Waals surface area contributed by atoms with Crippen molar-refractivity contribution in [2.45, 2.75) is 52.0 Å². The zero-order valence-corrected chi connectivity index (χ0v) is 16.9. The number of amides is 1. The lowest BCUT2D eigenvalue weighted by molar-refractivity contribution is -0.130. The van der Waals surface area contributed by atoms with Crippen LogP contribution < -0.4 is 0 Å². The molecule has 2 aromatic heterocycles. The maximum Gasteiger partial charge on any atom is 0.227 e. The number of hydrogen-bond donors (Lipinski definition) is 0. The maximum atomic E-state index is 13.0. The van der Waals surface area contributed by atoms with E-state index >= 15 is 0 Å². The van der Waals surface area contributed by atoms with Crippen LogP contribution in [0.5, 0.6) is 0 Å². The number of aryl methyl sites for hydroxylation is 2. The highest BCUT2D eigenvalue weighted by molar-refractivity contribution is 6.33. The Hall–Kier alpha value is -2.34. The molecule has 0 spiro atoms. The largest absolute Gasteiger partial charge is 0.464 e. The van der Waals surface area contributed by atoms with Gasteiger partial charge in [-0.3, -0.25) is 4.79 Å². The van der Waals surface area contributed by atoms with Crippen molar-refractivity contribution in [1.82, 2.24) is 19.7 Å². The molecule has 0 unspecified atom stereocenters. The van der Waals surface area contributed by atoms with Crippen LogP contribution in [0.1, 0.15) is 47.1 Å². The van der Waals surface area contributed by atoms with Crippen LogP contribution >= 0.6 is 11.6 Å². The van der Waals surface area contributed by atoms with E-state index in [9.17, 15) is 4.79 Å².